The summed E-state index contributed by atoms with van der Waals surface area (Å²) in [7, 11) is 1.65. The van der Waals surface area contributed by atoms with E-state index in [-0.39, 0.29) is 5.41 Å². The highest BCUT2D eigenvalue weighted by Gasteiger charge is 2.43. The minimum atomic E-state index is 0.163. The maximum absolute atomic E-state index is 8.60. The maximum Gasteiger partial charge on any atom is 0.139 e. The minimum absolute atomic E-state index is 0.163. The molecule has 18 heavy (non-hydrogen) atoms. The number of benzene rings is 1. The number of amidine groups is 1. The van der Waals surface area contributed by atoms with Gasteiger partial charge in [-0.15, -0.1) is 0 Å². The Labute approximate surface area is 107 Å². The van der Waals surface area contributed by atoms with Gasteiger partial charge in [0.15, 0.2) is 0 Å². The van der Waals surface area contributed by atoms with Crippen LogP contribution in [0.15, 0.2) is 29.4 Å². The van der Waals surface area contributed by atoms with E-state index in [2.05, 4.69) is 10.5 Å². The zero-order valence-electron chi connectivity index (χ0n) is 10.5. The van der Waals surface area contributed by atoms with E-state index in [0.717, 1.165) is 30.8 Å². The molecule has 1 aromatic rings. The molecule has 0 amide bonds. The highest BCUT2D eigenvalue weighted by molar-refractivity contribution is 5.80. The summed E-state index contributed by atoms with van der Waals surface area (Å²) in [6.45, 7) is 0.843. The molecule has 0 radical (unpaired) electrons. The molecule has 0 atom stereocenters. The third kappa shape index (κ3) is 3.06. The summed E-state index contributed by atoms with van der Waals surface area (Å²) in [4.78, 5) is 0. The summed E-state index contributed by atoms with van der Waals surface area (Å²) in [5, 5.41) is 15.0. The van der Waals surface area contributed by atoms with Crippen LogP contribution in [0.2, 0.25) is 0 Å². The lowest BCUT2D eigenvalue weighted by Crippen LogP contribution is -2.23. The molecule has 98 valence electrons. The molecule has 0 bridgehead atoms. The second kappa shape index (κ2) is 5.16. The second-order valence-corrected chi connectivity index (χ2v) is 4.85. The molecule has 1 fully saturated rings. The van der Waals surface area contributed by atoms with Crippen molar-refractivity contribution < 1.29 is 9.94 Å². The highest BCUT2D eigenvalue weighted by atomic mass is 16.5. The van der Waals surface area contributed by atoms with Gasteiger partial charge in [0.1, 0.15) is 11.6 Å². The molecule has 1 aliphatic carbocycles. The third-order valence-electron chi connectivity index (χ3n) is 3.40. The average molecular weight is 249 g/mol. The van der Waals surface area contributed by atoms with Crippen LogP contribution in [0, 0.1) is 5.41 Å². The van der Waals surface area contributed by atoms with Gasteiger partial charge in [-0.1, -0.05) is 5.16 Å². The number of methoxy groups -OCH3 is 1. The number of oxime groups is 1. The number of ether oxygens (including phenoxy) is 1. The van der Waals surface area contributed by atoms with Crippen LogP contribution in [0.5, 0.6) is 5.75 Å². The SMILES string of the molecule is COc1ccc(NCC2(CC(N)=NO)CC2)cc1. The number of nitrogens with zero attached hydrogens (tertiary/aromatic N) is 1. The molecule has 5 nitrogen and oxygen atoms in total. The van der Waals surface area contributed by atoms with E-state index in [1.165, 1.54) is 0 Å². The van der Waals surface area contributed by atoms with Gasteiger partial charge in [-0.25, -0.2) is 0 Å². The number of nitrogens with one attached hydrogen (secondary N) is 1. The Bertz CT molecular complexity index is 424. The average Bonchev–Trinajstić information content (AvgIpc) is 3.17. The van der Waals surface area contributed by atoms with Crippen molar-refractivity contribution in [3.63, 3.8) is 0 Å². The number of rotatable bonds is 6. The van der Waals surface area contributed by atoms with E-state index < -0.39 is 0 Å². The fourth-order valence-electron chi connectivity index (χ4n) is 2.01. The molecule has 2 rings (SSSR count). The number of nitrogens with two attached hydrogens (primary N) is 1. The van der Waals surface area contributed by atoms with Crippen molar-refractivity contribution in [2.45, 2.75) is 19.3 Å². The number of hydrogen-bond donors (Lipinski definition) is 3. The highest BCUT2D eigenvalue weighted by Crippen LogP contribution is 2.48. The lowest BCUT2D eigenvalue weighted by atomic mass is 10.0. The van der Waals surface area contributed by atoms with Crippen molar-refractivity contribution in [1.82, 2.24) is 0 Å². The standard InChI is InChI=1S/C13H19N3O2/c1-18-11-4-2-10(3-5-11)15-9-13(6-7-13)8-12(14)16-17/h2-5,15,17H,6-9H2,1H3,(H2,14,16). The van der Waals surface area contributed by atoms with E-state index in [1.807, 2.05) is 24.3 Å². The quantitative estimate of drug-likeness (QED) is 0.312. The summed E-state index contributed by atoms with van der Waals surface area (Å²) in [6, 6.07) is 7.81. The Kier molecular flexibility index (Phi) is 3.60. The van der Waals surface area contributed by atoms with Crippen LogP contribution in [0.4, 0.5) is 5.69 Å². The summed E-state index contributed by atoms with van der Waals surface area (Å²) in [5.74, 6) is 1.15. The first kappa shape index (κ1) is 12.5. The van der Waals surface area contributed by atoms with Crippen LogP contribution in [-0.2, 0) is 0 Å². The Morgan fingerprint density at radius 1 is 1.44 bits per heavy atom. The molecule has 0 unspecified atom stereocenters. The third-order valence-corrected chi connectivity index (χ3v) is 3.40. The van der Waals surface area contributed by atoms with Gasteiger partial charge in [-0.2, -0.15) is 0 Å². The van der Waals surface area contributed by atoms with Gasteiger partial charge >= 0.3 is 0 Å². The van der Waals surface area contributed by atoms with Gasteiger partial charge in [-0.3, -0.25) is 0 Å². The topological polar surface area (TPSA) is 79.9 Å². The van der Waals surface area contributed by atoms with Crippen LogP contribution in [-0.4, -0.2) is 24.7 Å². The molecule has 1 saturated carbocycles. The Morgan fingerprint density at radius 3 is 2.61 bits per heavy atom. The van der Waals surface area contributed by atoms with Crippen molar-refractivity contribution in [1.29, 1.82) is 0 Å². The first-order chi connectivity index (χ1) is 8.67. The molecule has 0 spiro atoms. The fourth-order valence-corrected chi connectivity index (χ4v) is 2.01. The zero-order chi connectivity index (χ0) is 13.0. The zero-order valence-corrected chi connectivity index (χ0v) is 10.5. The van der Waals surface area contributed by atoms with E-state index in [0.29, 0.717) is 12.3 Å². The van der Waals surface area contributed by atoms with Gasteiger partial charge < -0.3 is 21.0 Å². The normalized spacial score (nSPS) is 17.3. The fraction of sp³-hybridized carbons (Fsp3) is 0.462. The predicted molar refractivity (Wildman–Crippen MR) is 71.2 cm³/mol. The number of hydrogen-bond acceptors (Lipinski definition) is 4. The Balaban J connectivity index is 1.87. The molecule has 0 aliphatic heterocycles. The lowest BCUT2D eigenvalue weighted by Gasteiger charge is -2.16. The predicted octanol–water partition coefficient (Wildman–Crippen LogP) is 2.02. The van der Waals surface area contributed by atoms with E-state index in [9.17, 15) is 0 Å². The molecule has 0 heterocycles. The first-order valence-corrected chi connectivity index (χ1v) is 6.02. The monoisotopic (exact) mass is 249 g/mol. The van der Waals surface area contributed by atoms with E-state index in [4.69, 9.17) is 15.7 Å². The molecular weight excluding hydrogens is 230 g/mol. The van der Waals surface area contributed by atoms with Crippen LogP contribution < -0.4 is 15.8 Å². The van der Waals surface area contributed by atoms with Crippen molar-refractivity contribution in [3.8, 4) is 5.75 Å². The van der Waals surface area contributed by atoms with Gasteiger partial charge in [0, 0.05) is 18.7 Å². The second-order valence-electron chi connectivity index (χ2n) is 4.85. The van der Waals surface area contributed by atoms with Crippen LogP contribution in [0.3, 0.4) is 0 Å². The summed E-state index contributed by atoms with van der Waals surface area (Å²) < 4.78 is 5.11. The molecule has 0 aromatic heterocycles. The van der Waals surface area contributed by atoms with Crippen LogP contribution in [0.1, 0.15) is 19.3 Å². The smallest absolute Gasteiger partial charge is 0.139 e. The summed E-state index contributed by atoms with van der Waals surface area (Å²) in [5.41, 5.74) is 6.78. The summed E-state index contributed by atoms with van der Waals surface area (Å²) >= 11 is 0. The Hall–Kier alpha value is -1.91. The van der Waals surface area contributed by atoms with Crippen molar-refractivity contribution >= 4 is 11.5 Å². The van der Waals surface area contributed by atoms with Crippen LogP contribution >= 0.6 is 0 Å². The van der Waals surface area contributed by atoms with Gasteiger partial charge in [0.25, 0.3) is 0 Å². The van der Waals surface area contributed by atoms with Gasteiger partial charge in [-0.05, 0) is 42.5 Å². The van der Waals surface area contributed by atoms with Crippen molar-refractivity contribution in [2.24, 2.45) is 16.3 Å². The number of anilines is 1. The Morgan fingerprint density at radius 2 is 2.11 bits per heavy atom. The first-order valence-electron chi connectivity index (χ1n) is 6.02. The van der Waals surface area contributed by atoms with Crippen LogP contribution in [0.25, 0.3) is 0 Å². The molecule has 0 saturated heterocycles. The molecule has 4 N–H and O–H groups in total. The van der Waals surface area contributed by atoms with Crippen molar-refractivity contribution in [2.75, 3.05) is 19.0 Å². The largest absolute Gasteiger partial charge is 0.497 e. The molecule has 1 aliphatic rings. The van der Waals surface area contributed by atoms with Crippen molar-refractivity contribution in [3.05, 3.63) is 24.3 Å². The van der Waals surface area contributed by atoms with Gasteiger partial charge in [0.05, 0.1) is 7.11 Å². The molecule has 5 heteroatoms. The molecular formula is C13H19N3O2. The van der Waals surface area contributed by atoms with Gasteiger partial charge in [0.2, 0.25) is 0 Å². The van der Waals surface area contributed by atoms with E-state index in [1.54, 1.807) is 7.11 Å². The maximum atomic E-state index is 8.60. The molecule has 1 aromatic carbocycles. The summed E-state index contributed by atoms with van der Waals surface area (Å²) in [6.07, 6.45) is 2.88. The lowest BCUT2D eigenvalue weighted by molar-refractivity contribution is 0.315. The van der Waals surface area contributed by atoms with E-state index >= 15 is 0 Å². The minimum Gasteiger partial charge on any atom is -0.497 e.